The summed E-state index contributed by atoms with van der Waals surface area (Å²) in [7, 11) is 0. The molecule has 2 fully saturated rings. The molecule has 0 aromatic heterocycles. The van der Waals surface area contributed by atoms with E-state index in [1.807, 2.05) is 47.0 Å². The molecule has 2 saturated heterocycles. The Bertz CT molecular complexity index is 517. The number of carbonyl (C=O) groups is 2. The Morgan fingerprint density at radius 2 is 1.95 bits per heavy atom. The van der Waals surface area contributed by atoms with Crippen molar-refractivity contribution < 1.29 is 14.3 Å². The van der Waals surface area contributed by atoms with Crippen LogP contribution >= 0.6 is 11.8 Å². The molecule has 2 aliphatic heterocycles. The standard InChI is InChI=1S/C15H18N2O3S/c18-12-10-20-14(15(19)17-6-8-21-9-7-17)13(16-12)11-4-2-1-3-5-11/h1-5,13-14H,6-10H2,(H,16,18)/t13-,14+/m1/s1. The minimum Gasteiger partial charge on any atom is -0.356 e. The molecule has 2 aliphatic rings. The third kappa shape index (κ3) is 3.22. The Labute approximate surface area is 128 Å². The molecule has 0 radical (unpaired) electrons. The van der Waals surface area contributed by atoms with Gasteiger partial charge >= 0.3 is 0 Å². The summed E-state index contributed by atoms with van der Waals surface area (Å²) in [5.41, 5.74) is 0.898. The van der Waals surface area contributed by atoms with Gasteiger partial charge in [-0.3, -0.25) is 9.59 Å². The molecule has 0 unspecified atom stereocenters. The van der Waals surface area contributed by atoms with E-state index in [0.29, 0.717) is 0 Å². The largest absolute Gasteiger partial charge is 0.356 e. The first-order chi connectivity index (χ1) is 10.3. The van der Waals surface area contributed by atoms with Gasteiger partial charge in [0.05, 0.1) is 6.04 Å². The predicted molar refractivity (Wildman–Crippen MR) is 81.0 cm³/mol. The maximum absolute atomic E-state index is 12.7. The maximum Gasteiger partial charge on any atom is 0.254 e. The smallest absolute Gasteiger partial charge is 0.254 e. The van der Waals surface area contributed by atoms with Crippen LogP contribution in [0.2, 0.25) is 0 Å². The van der Waals surface area contributed by atoms with Crippen molar-refractivity contribution in [3.8, 4) is 0 Å². The van der Waals surface area contributed by atoms with Gasteiger partial charge in [-0.05, 0) is 5.56 Å². The molecule has 112 valence electrons. The maximum atomic E-state index is 12.7. The molecule has 5 nitrogen and oxygen atoms in total. The van der Waals surface area contributed by atoms with Crippen molar-refractivity contribution in [2.45, 2.75) is 12.1 Å². The second-order valence-corrected chi connectivity index (χ2v) is 6.35. The van der Waals surface area contributed by atoms with Crippen molar-refractivity contribution in [2.75, 3.05) is 31.2 Å². The Hall–Kier alpha value is -1.53. The van der Waals surface area contributed by atoms with Crippen LogP contribution in [0.1, 0.15) is 11.6 Å². The summed E-state index contributed by atoms with van der Waals surface area (Å²) < 4.78 is 5.56. The summed E-state index contributed by atoms with van der Waals surface area (Å²) in [4.78, 5) is 26.2. The van der Waals surface area contributed by atoms with E-state index in [9.17, 15) is 9.59 Å². The fourth-order valence-corrected chi connectivity index (χ4v) is 3.55. The highest BCUT2D eigenvalue weighted by molar-refractivity contribution is 7.99. The van der Waals surface area contributed by atoms with Crippen LogP contribution in [-0.4, -0.2) is 54.0 Å². The van der Waals surface area contributed by atoms with E-state index in [1.54, 1.807) is 0 Å². The fourth-order valence-electron chi connectivity index (χ4n) is 2.65. The second-order valence-electron chi connectivity index (χ2n) is 5.13. The number of ether oxygens (including phenoxy) is 1. The highest BCUT2D eigenvalue weighted by atomic mass is 32.2. The number of benzene rings is 1. The van der Waals surface area contributed by atoms with Gasteiger partial charge in [0.25, 0.3) is 5.91 Å². The summed E-state index contributed by atoms with van der Waals surface area (Å²) in [6, 6.07) is 9.12. The molecule has 2 atom stereocenters. The van der Waals surface area contributed by atoms with Crippen molar-refractivity contribution in [1.82, 2.24) is 10.2 Å². The number of thioether (sulfide) groups is 1. The monoisotopic (exact) mass is 306 g/mol. The molecule has 0 aliphatic carbocycles. The SMILES string of the molecule is O=C1CO[C@H](C(=O)N2CCSCC2)[C@@H](c2ccccc2)N1. The molecule has 0 spiro atoms. The number of morpholine rings is 1. The van der Waals surface area contributed by atoms with Crippen LogP contribution in [0.4, 0.5) is 0 Å². The van der Waals surface area contributed by atoms with Crippen LogP contribution in [0.5, 0.6) is 0 Å². The highest BCUT2D eigenvalue weighted by Gasteiger charge is 2.38. The van der Waals surface area contributed by atoms with Crippen molar-refractivity contribution in [1.29, 1.82) is 0 Å². The summed E-state index contributed by atoms with van der Waals surface area (Å²) in [5.74, 6) is 1.72. The molecule has 3 rings (SSSR count). The average Bonchev–Trinajstić information content (AvgIpc) is 2.56. The van der Waals surface area contributed by atoms with Crippen LogP contribution in [-0.2, 0) is 14.3 Å². The van der Waals surface area contributed by atoms with Gasteiger partial charge in [0.2, 0.25) is 5.91 Å². The summed E-state index contributed by atoms with van der Waals surface area (Å²) >= 11 is 1.86. The molecular weight excluding hydrogens is 288 g/mol. The summed E-state index contributed by atoms with van der Waals surface area (Å²) in [6.45, 7) is 1.44. The first-order valence-corrected chi connectivity index (χ1v) is 8.23. The summed E-state index contributed by atoms with van der Waals surface area (Å²) in [6.07, 6.45) is -0.631. The Morgan fingerprint density at radius 1 is 1.24 bits per heavy atom. The average molecular weight is 306 g/mol. The quantitative estimate of drug-likeness (QED) is 0.879. The van der Waals surface area contributed by atoms with Crippen molar-refractivity contribution in [2.24, 2.45) is 0 Å². The molecule has 0 bridgehead atoms. The number of nitrogens with one attached hydrogen (secondary N) is 1. The zero-order valence-electron chi connectivity index (χ0n) is 11.7. The van der Waals surface area contributed by atoms with Crippen molar-refractivity contribution in [3.63, 3.8) is 0 Å². The molecule has 21 heavy (non-hydrogen) atoms. The minimum atomic E-state index is -0.631. The topological polar surface area (TPSA) is 58.6 Å². The van der Waals surface area contributed by atoms with E-state index >= 15 is 0 Å². The minimum absolute atomic E-state index is 0.0239. The van der Waals surface area contributed by atoms with Gasteiger partial charge in [0.15, 0.2) is 6.10 Å². The highest BCUT2D eigenvalue weighted by Crippen LogP contribution is 2.24. The Kier molecular flexibility index (Phi) is 4.45. The fraction of sp³-hybridized carbons (Fsp3) is 0.467. The number of hydrogen-bond acceptors (Lipinski definition) is 4. The lowest BCUT2D eigenvalue weighted by atomic mass is 9.99. The number of nitrogens with zero attached hydrogens (tertiary/aromatic N) is 1. The predicted octanol–water partition coefficient (Wildman–Crippen LogP) is 0.818. The van der Waals surface area contributed by atoms with Crippen LogP contribution in [0.3, 0.4) is 0 Å². The Balaban J connectivity index is 1.80. The molecule has 1 aromatic carbocycles. The van der Waals surface area contributed by atoms with Gasteiger partial charge in [0.1, 0.15) is 6.61 Å². The first kappa shape index (κ1) is 14.4. The molecule has 6 heteroatoms. The van der Waals surface area contributed by atoms with E-state index in [4.69, 9.17) is 4.74 Å². The normalized spacial score (nSPS) is 26.3. The lowest BCUT2D eigenvalue weighted by Gasteiger charge is -2.36. The molecular formula is C15H18N2O3S. The van der Waals surface area contributed by atoms with Crippen LogP contribution in [0.15, 0.2) is 30.3 Å². The second kappa shape index (κ2) is 6.49. The van der Waals surface area contributed by atoms with Gasteiger partial charge in [-0.1, -0.05) is 30.3 Å². The van der Waals surface area contributed by atoms with Gasteiger partial charge in [-0.25, -0.2) is 0 Å². The van der Waals surface area contributed by atoms with E-state index in [-0.39, 0.29) is 18.4 Å². The molecule has 0 saturated carbocycles. The van der Waals surface area contributed by atoms with Crippen molar-refractivity contribution >= 4 is 23.6 Å². The van der Waals surface area contributed by atoms with E-state index in [0.717, 1.165) is 30.2 Å². The molecule has 1 N–H and O–H groups in total. The van der Waals surface area contributed by atoms with E-state index in [2.05, 4.69) is 5.32 Å². The van der Waals surface area contributed by atoms with Gasteiger partial charge in [0, 0.05) is 24.6 Å². The zero-order chi connectivity index (χ0) is 14.7. The van der Waals surface area contributed by atoms with E-state index in [1.165, 1.54) is 0 Å². The van der Waals surface area contributed by atoms with Gasteiger partial charge in [-0.2, -0.15) is 11.8 Å². The number of amides is 2. The van der Waals surface area contributed by atoms with Crippen molar-refractivity contribution in [3.05, 3.63) is 35.9 Å². The van der Waals surface area contributed by atoms with Crippen LogP contribution in [0.25, 0.3) is 0 Å². The number of hydrogen-bond donors (Lipinski definition) is 1. The lowest BCUT2D eigenvalue weighted by Crippen LogP contribution is -2.54. The molecule has 1 aromatic rings. The van der Waals surface area contributed by atoms with Gasteiger partial charge in [-0.15, -0.1) is 0 Å². The summed E-state index contributed by atoms with van der Waals surface area (Å²) in [5, 5.41) is 2.89. The third-order valence-electron chi connectivity index (χ3n) is 3.74. The van der Waals surface area contributed by atoms with Crippen LogP contribution in [0, 0.1) is 0 Å². The first-order valence-electron chi connectivity index (χ1n) is 7.08. The third-order valence-corrected chi connectivity index (χ3v) is 4.68. The van der Waals surface area contributed by atoms with Crippen LogP contribution < -0.4 is 5.32 Å². The van der Waals surface area contributed by atoms with Gasteiger partial charge < -0.3 is 15.0 Å². The zero-order valence-corrected chi connectivity index (χ0v) is 12.5. The lowest BCUT2D eigenvalue weighted by molar-refractivity contribution is -0.155. The number of carbonyl (C=O) groups excluding carboxylic acids is 2. The van der Waals surface area contributed by atoms with E-state index < -0.39 is 12.1 Å². The number of rotatable bonds is 2. The molecule has 2 heterocycles. The molecule has 2 amide bonds. The Morgan fingerprint density at radius 3 is 2.67 bits per heavy atom.